The molecule has 0 saturated heterocycles. The maximum atomic E-state index is 13.1. The molecule has 0 spiro atoms. The second-order valence-electron chi connectivity index (χ2n) is 7.74. The van der Waals surface area contributed by atoms with Crippen molar-refractivity contribution < 1.29 is 9.53 Å². The number of rotatable bonds is 3. The highest BCUT2D eigenvalue weighted by molar-refractivity contribution is 5.88. The number of methoxy groups -OCH3 is 1. The molecule has 1 aromatic carbocycles. The van der Waals surface area contributed by atoms with Crippen LogP contribution in [0.4, 0.5) is 10.6 Å². The molecule has 1 fully saturated rings. The maximum absolute atomic E-state index is 13.1. The van der Waals surface area contributed by atoms with Crippen LogP contribution in [0.1, 0.15) is 43.2 Å². The molecule has 1 atom stereocenters. The van der Waals surface area contributed by atoms with E-state index in [2.05, 4.69) is 22.5 Å². The van der Waals surface area contributed by atoms with Crippen molar-refractivity contribution in [1.29, 1.82) is 0 Å². The minimum atomic E-state index is -0.0576. The summed E-state index contributed by atoms with van der Waals surface area (Å²) >= 11 is 0. The van der Waals surface area contributed by atoms with E-state index >= 15 is 0 Å². The molecule has 1 aliphatic carbocycles. The zero-order valence-corrected chi connectivity index (χ0v) is 16.1. The van der Waals surface area contributed by atoms with E-state index in [1.807, 2.05) is 30.3 Å². The highest BCUT2D eigenvalue weighted by Crippen LogP contribution is 2.36. The molecule has 2 heterocycles. The van der Waals surface area contributed by atoms with E-state index in [0.717, 1.165) is 12.2 Å². The van der Waals surface area contributed by atoms with Gasteiger partial charge in [0.15, 0.2) is 5.82 Å². The Hall–Kier alpha value is -2.50. The second kappa shape index (κ2) is 7.62. The third-order valence-corrected chi connectivity index (χ3v) is 5.99. The van der Waals surface area contributed by atoms with Crippen LogP contribution in [0.3, 0.4) is 0 Å². The van der Waals surface area contributed by atoms with E-state index in [4.69, 9.17) is 4.74 Å². The van der Waals surface area contributed by atoms with Crippen LogP contribution in [-0.2, 0) is 20.0 Å². The Morgan fingerprint density at radius 2 is 2.00 bits per heavy atom. The monoisotopic (exact) mass is 368 g/mol. The number of urea groups is 1. The zero-order valence-electron chi connectivity index (χ0n) is 16.1. The number of anilines is 1. The van der Waals surface area contributed by atoms with Crippen LogP contribution in [0.5, 0.6) is 5.75 Å². The van der Waals surface area contributed by atoms with Gasteiger partial charge in [0, 0.05) is 31.9 Å². The summed E-state index contributed by atoms with van der Waals surface area (Å²) in [6, 6.07) is 8.27. The number of hydrogen-bond acceptors (Lipinski definition) is 3. The number of hydrogen-bond donors (Lipinski definition) is 1. The fourth-order valence-electron chi connectivity index (χ4n) is 4.54. The summed E-state index contributed by atoms with van der Waals surface area (Å²) in [5.41, 5.74) is 2.52. The van der Waals surface area contributed by atoms with Gasteiger partial charge in [-0.05, 0) is 48.4 Å². The van der Waals surface area contributed by atoms with Crippen molar-refractivity contribution in [3.63, 3.8) is 0 Å². The van der Waals surface area contributed by atoms with Gasteiger partial charge in [-0.15, -0.1) is 0 Å². The van der Waals surface area contributed by atoms with Gasteiger partial charge in [0.25, 0.3) is 0 Å². The number of ether oxygens (including phenoxy) is 1. The number of aromatic nitrogens is 2. The summed E-state index contributed by atoms with van der Waals surface area (Å²) in [4.78, 5) is 15.1. The van der Waals surface area contributed by atoms with Gasteiger partial charge in [0.05, 0.1) is 7.11 Å². The van der Waals surface area contributed by atoms with Crippen molar-refractivity contribution >= 4 is 11.8 Å². The van der Waals surface area contributed by atoms with Crippen molar-refractivity contribution in [3.8, 4) is 5.75 Å². The molecule has 1 aliphatic heterocycles. The molecule has 0 unspecified atom stereocenters. The van der Waals surface area contributed by atoms with Crippen LogP contribution in [0, 0.1) is 5.92 Å². The van der Waals surface area contributed by atoms with E-state index in [9.17, 15) is 4.79 Å². The summed E-state index contributed by atoms with van der Waals surface area (Å²) in [7, 11) is 3.53. The van der Waals surface area contributed by atoms with Crippen LogP contribution >= 0.6 is 0 Å². The fraction of sp³-hybridized carbons (Fsp3) is 0.524. The van der Waals surface area contributed by atoms with Gasteiger partial charge < -0.3 is 9.64 Å². The van der Waals surface area contributed by atoms with Crippen LogP contribution in [0.25, 0.3) is 0 Å². The number of fused-ring (bicyclic) bond motifs is 1. The lowest BCUT2D eigenvalue weighted by atomic mass is 9.78. The summed E-state index contributed by atoms with van der Waals surface area (Å²) in [5.74, 6) is 2.01. The van der Waals surface area contributed by atoms with Crippen LogP contribution in [-0.4, -0.2) is 33.9 Å². The van der Waals surface area contributed by atoms with Gasteiger partial charge in [-0.25, -0.2) is 4.79 Å². The molecular formula is C21H28N4O2. The summed E-state index contributed by atoms with van der Waals surface area (Å²) < 4.78 is 7.08. The topological polar surface area (TPSA) is 59.4 Å². The van der Waals surface area contributed by atoms with E-state index in [1.165, 1.54) is 43.2 Å². The van der Waals surface area contributed by atoms with E-state index in [-0.39, 0.29) is 12.1 Å². The Bertz CT molecular complexity index is 810. The summed E-state index contributed by atoms with van der Waals surface area (Å²) in [6.45, 7) is 0.617. The van der Waals surface area contributed by atoms with Crippen LogP contribution < -0.4 is 10.1 Å². The van der Waals surface area contributed by atoms with Gasteiger partial charge >= 0.3 is 6.03 Å². The summed E-state index contributed by atoms with van der Waals surface area (Å²) in [6.07, 6.45) is 9.03. The first-order valence-corrected chi connectivity index (χ1v) is 9.87. The smallest absolute Gasteiger partial charge is 0.323 e. The Morgan fingerprint density at radius 3 is 2.70 bits per heavy atom. The van der Waals surface area contributed by atoms with Crippen molar-refractivity contribution in [3.05, 3.63) is 41.6 Å². The number of aryl methyl sites for hydroxylation is 1. The Balaban J connectivity index is 1.60. The van der Waals surface area contributed by atoms with E-state index in [0.29, 0.717) is 18.3 Å². The van der Waals surface area contributed by atoms with Crippen LogP contribution in [0.2, 0.25) is 0 Å². The van der Waals surface area contributed by atoms with E-state index < -0.39 is 0 Å². The Morgan fingerprint density at radius 1 is 1.19 bits per heavy atom. The largest absolute Gasteiger partial charge is 0.497 e. The molecule has 1 aromatic heterocycles. The predicted molar refractivity (Wildman–Crippen MR) is 105 cm³/mol. The highest BCUT2D eigenvalue weighted by Gasteiger charge is 2.36. The first-order chi connectivity index (χ1) is 13.1. The predicted octanol–water partition coefficient (Wildman–Crippen LogP) is 3.97. The Kier molecular flexibility index (Phi) is 5.05. The highest BCUT2D eigenvalue weighted by atomic mass is 16.5. The molecule has 27 heavy (non-hydrogen) atoms. The maximum Gasteiger partial charge on any atom is 0.323 e. The SMILES string of the molecule is COc1ccc2c(c1)CN(C(=O)Nc1ccn(C)n1)[C@@H](C1CCCCC1)C2. The molecule has 6 heteroatoms. The average molecular weight is 368 g/mol. The van der Waals surface area contributed by atoms with Gasteiger partial charge in [0.2, 0.25) is 0 Å². The van der Waals surface area contributed by atoms with Crippen molar-refractivity contribution in [2.45, 2.75) is 51.1 Å². The number of amides is 2. The lowest BCUT2D eigenvalue weighted by Gasteiger charge is -2.42. The normalized spacial score (nSPS) is 20.2. The number of benzene rings is 1. The number of nitrogens with one attached hydrogen (secondary N) is 1. The number of carbonyl (C=O) groups excluding carboxylic acids is 1. The molecule has 1 saturated carbocycles. The van der Waals surface area contributed by atoms with Crippen LogP contribution in [0.15, 0.2) is 30.5 Å². The second-order valence-corrected chi connectivity index (χ2v) is 7.74. The molecule has 1 N–H and O–H groups in total. The molecule has 4 rings (SSSR count). The standard InChI is InChI=1S/C21H28N4O2/c1-24-11-10-20(23-24)22-21(26)25-14-17-12-18(27-2)9-8-16(17)13-19(25)15-6-4-3-5-7-15/h8-12,15,19H,3-7,13-14H2,1-2H3,(H,22,23,26)/t19-/m1/s1. The number of carbonyl (C=O) groups is 1. The number of nitrogens with zero attached hydrogens (tertiary/aromatic N) is 3. The lowest BCUT2D eigenvalue weighted by molar-refractivity contribution is 0.125. The molecule has 2 aliphatic rings. The average Bonchev–Trinajstić information content (AvgIpc) is 3.11. The molecule has 2 aromatic rings. The zero-order chi connectivity index (χ0) is 18.8. The molecule has 0 bridgehead atoms. The Labute approximate surface area is 160 Å². The van der Waals surface area contributed by atoms with Gasteiger partial charge in [-0.3, -0.25) is 10.00 Å². The molecule has 0 radical (unpaired) electrons. The lowest BCUT2D eigenvalue weighted by Crippen LogP contribution is -2.50. The van der Waals surface area contributed by atoms with E-state index in [1.54, 1.807) is 11.8 Å². The first kappa shape index (κ1) is 17.9. The van der Waals surface area contributed by atoms with Gasteiger partial charge in [-0.2, -0.15) is 5.10 Å². The third kappa shape index (κ3) is 3.80. The quantitative estimate of drug-likeness (QED) is 0.892. The molecule has 6 nitrogen and oxygen atoms in total. The third-order valence-electron chi connectivity index (χ3n) is 5.99. The minimum absolute atomic E-state index is 0.0576. The summed E-state index contributed by atoms with van der Waals surface area (Å²) in [5, 5.41) is 7.28. The molecular weight excluding hydrogens is 340 g/mol. The minimum Gasteiger partial charge on any atom is -0.497 e. The van der Waals surface area contributed by atoms with Gasteiger partial charge in [-0.1, -0.05) is 25.3 Å². The van der Waals surface area contributed by atoms with Crippen molar-refractivity contribution in [1.82, 2.24) is 14.7 Å². The van der Waals surface area contributed by atoms with Crippen molar-refractivity contribution in [2.75, 3.05) is 12.4 Å². The van der Waals surface area contributed by atoms with Crippen molar-refractivity contribution in [2.24, 2.45) is 13.0 Å². The fourth-order valence-corrected chi connectivity index (χ4v) is 4.54. The first-order valence-electron chi connectivity index (χ1n) is 9.87. The van der Waals surface area contributed by atoms with Gasteiger partial charge in [0.1, 0.15) is 5.75 Å². The molecule has 144 valence electrons. The molecule has 2 amide bonds.